The van der Waals surface area contributed by atoms with Crippen LogP contribution in [-0.2, 0) is 0 Å². The lowest BCUT2D eigenvalue weighted by Gasteiger charge is -2.25. The van der Waals surface area contributed by atoms with Crippen molar-refractivity contribution in [2.45, 2.75) is 19.3 Å². The molecule has 1 fully saturated rings. The molecule has 3 rings (SSSR count). The number of thiazole rings is 1. The Morgan fingerprint density at radius 1 is 1.14 bits per heavy atom. The van der Waals surface area contributed by atoms with Crippen molar-refractivity contribution in [3.05, 3.63) is 40.9 Å². The summed E-state index contributed by atoms with van der Waals surface area (Å²) in [5.74, 6) is -1.43. The summed E-state index contributed by atoms with van der Waals surface area (Å²) in [6.07, 6.45) is 4.54. The van der Waals surface area contributed by atoms with Crippen molar-refractivity contribution in [2.24, 2.45) is 0 Å². The summed E-state index contributed by atoms with van der Waals surface area (Å²) in [6, 6.07) is 3.68. The summed E-state index contributed by atoms with van der Waals surface area (Å²) in [6.45, 7) is 1.47. The second-order valence-electron chi connectivity index (χ2n) is 4.98. The van der Waals surface area contributed by atoms with Crippen molar-refractivity contribution >= 4 is 17.2 Å². The smallest absolute Gasteiger partial charge is 0.265 e. The van der Waals surface area contributed by atoms with Gasteiger partial charge in [0.15, 0.2) is 0 Å². The molecule has 1 amide bonds. The van der Waals surface area contributed by atoms with E-state index in [9.17, 15) is 13.6 Å². The van der Waals surface area contributed by atoms with E-state index in [2.05, 4.69) is 4.98 Å². The Bertz CT molecular complexity index is 645. The SMILES string of the molecule is O=C(c1cnc(-c2c(F)cccc2F)s1)N1CCCCC1. The van der Waals surface area contributed by atoms with Gasteiger partial charge in [-0.15, -0.1) is 11.3 Å². The van der Waals surface area contributed by atoms with E-state index >= 15 is 0 Å². The Morgan fingerprint density at radius 2 is 1.81 bits per heavy atom. The monoisotopic (exact) mass is 308 g/mol. The van der Waals surface area contributed by atoms with Crippen molar-refractivity contribution in [1.82, 2.24) is 9.88 Å². The number of halogens is 2. The number of carbonyl (C=O) groups excluding carboxylic acids is 1. The standard InChI is InChI=1S/C15H14F2N2OS/c16-10-5-4-6-11(17)13(10)14-18-9-12(21-14)15(20)19-7-2-1-3-8-19/h4-6,9H,1-3,7-8H2. The molecular formula is C15H14F2N2OS. The van der Waals surface area contributed by atoms with E-state index in [0.29, 0.717) is 4.88 Å². The lowest BCUT2D eigenvalue weighted by atomic mass is 10.1. The molecule has 1 aliphatic rings. The van der Waals surface area contributed by atoms with Gasteiger partial charge in [0.2, 0.25) is 0 Å². The third kappa shape index (κ3) is 2.81. The second-order valence-corrected chi connectivity index (χ2v) is 6.01. The lowest BCUT2D eigenvalue weighted by molar-refractivity contribution is 0.0729. The van der Waals surface area contributed by atoms with Crippen LogP contribution >= 0.6 is 11.3 Å². The molecule has 0 atom stereocenters. The van der Waals surface area contributed by atoms with E-state index in [0.717, 1.165) is 43.7 Å². The van der Waals surface area contributed by atoms with Crippen LogP contribution < -0.4 is 0 Å². The highest BCUT2D eigenvalue weighted by Crippen LogP contribution is 2.30. The number of rotatable bonds is 2. The molecule has 0 aliphatic carbocycles. The van der Waals surface area contributed by atoms with Crippen LogP contribution in [0.25, 0.3) is 10.6 Å². The van der Waals surface area contributed by atoms with Gasteiger partial charge in [-0.1, -0.05) is 6.07 Å². The van der Waals surface area contributed by atoms with Crippen LogP contribution in [-0.4, -0.2) is 28.9 Å². The third-order valence-electron chi connectivity index (χ3n) is 3.54. The molecule has 1 aromatic carbocycles. The maximum absolute atomic E-state index is 13.7. The Morgan fingerprint density at radius 3 is 2.48 bits per heavy atom. The molecule has 1 aliphatic heterocycles. The predicted molar refractivity (Wildman–Crippen MR) is 77.2 cm³/mol. The molecule has 0 radical (unpaired) electrons. The van der Waals surface area contributed by atoms with Gasteiger partial charge in [0.05, 0.1) is 11.8 Å². The fourth-order valence-corrected chi connectivity index (χ4v) is 3.38. The van der Waals surface area contributed by atoms with Gasteiger partial charge in [-0.2, -0.15) is 0 Å². The number of carbonyl (C=O) groups is 1. The summed E-state index contributed by atoms with van der Waals surface area (Å²) in [7, 11) is 0. The average Bonchev–Trinajstić information content (AvgIpc) is 2.97. The van der Waals surface area contributed by atoms with Gasteiger partial charge in [-0.05, 0) is 31.4 Å². The minimum absolute atomic E-state index is 0.102. The summed E-state index contributed by atoms with van der Waals surface area (Å²) in [5, 5.41) is 0.200. The number of hydrogen-bond donors (Lipinski definition) is 0. The number of amides is 1. The minimum Gasteiger partial charge on any atom is -0.338 e. The van der Waals surface area contributed by atoms with Gasteiger partial charge in [-0.3, -0.25) is 4.79 Å². The van der Waals surface area contributed by atoms with Crippen LogP contribution in [0.2, 0.25) is 0 Å². The Balaban J connectivity index is 1.88. The highest BCUT2D eigenvalue weighted by Gasteiger charge is 2.22. The molecular weight excluding hydrogens is 294 g/mol. The van der Waals surface area contributed by atoms with Crippen LogP contribution in [0.3, 0.4) is 0 Å². The molecule has 3 nitrogen and oxygen atoms in total. The van der Waals surface area contributed by atoms with Crippen LogP contribution in [0, 0.1) is 11.6 Å². The van der Waals surface area contributed by atoms with E-state index in [4.69, 9.17) is 0 Å². The number of likely N-dealkylation sites (tertiary alicyclic amines) is 1. The third-order valence-corrected chi connectivity index (χ3v) is 4.54. The van der Waals surface area contributed by atoms with E-state index in [-0.39, 0.29) is 16.5 Å². The van der Waals surface area contributed by atoms with Crippen molar-refractivity contribution in [3.8, 4) is 10.6 Å². The molecule has 0 saturated carbocycles. The van der Waals surface area contributed by atoms with Gasteiger partial charge in [0, 0.05) is 13.1 Å². The molecule has 2 aromatic rings. The highest BCUT2D eigenvalue weighted by atomic mass is 32.1. The summed E-state index contributed by atoms with van der Waals surface area (Å²) in [5.41, 5.74) is -0.166. The molecule has 1 saturated heterocycles. The first kappa shape index (κ1) is 14.1. The molecule has 110 valence electrons. The van der Waals surface area contributed by atoms with Crippen LogP contribution in [0.5, 0.6) is 0 Å². The first-order valence-electron chi connectivity index (χ1n) is 6.86. The first-order valence-corrected chi connectivity index (χ1v) is 7.68. The average molecular weight is 308 g/mol. The number of benzene rings is 1. The zero-order valence-electron chi connectivity index (χ0n) is 11.3. The lowest BCUT2D eigenvalue weighted by Crippen LogP contribution is -2.35. The fraction of sp³-hybridized carbons (Fsp3) is 0.333. The van der Waals surface area contributed by atoms with Crippen molar-refractivity contribution in [1.29, 1.82) is 0 Å². The van der Waals surface area contributed by atoms with E-state index < -0.39 is 11.6 Å². The quantitative estimate of drug-likeness (QED) is 0.847. The van der Waals surface area contributed by atoms with Crippen LogP contribution in [0.15, 0.2) is 24.4 Å². The normalized spacial score (nSPS) is 15.2. The van der Waals surface area contributed by atoms with Gasteiger partial charge >= 0.3 is 0 Å². The van der Waals surface area contributed by atoms with Crippen LogP contribution in [0.1, 0.15) is 28.9 Å². The zero-order valence-corrected chi connectivity index (χ0v) is 12.1. The van der Waals surface area contributed by atoms with Gasteiger partial charge in [0.1, 0.15) is 21.5 Å². The van der Waals surface area contributed by atoms with E-state index in [1.165, 1.54) is 24.4 Å². The molecule has 1 aromatic heterocycles. The molecule has 0 bridgehead atoms. The maximum Gasteiger partial charge on any atom is 0.265 e. The fourth-order valence-electron chi connectivity index (χ4n) is 2.44. The molecule has 21 heavy (non-hydrogen) atoms. The number of piperidine rings is 1. The van der Waals surface area contributed by atoms with Crippen molar-refractivity contribution < 1.29 is 13.6 Å². The predicted octanol–water partition coefficient (Wildman–Crippen LogP) is 3.71. The van der Waals surface area contributed by atoms with Crippen molar-refractivity contribution in [2.75, 3.05) is 13.1 Å². The van der Waals surface area contributed by atoms with E-state index in [1.807, 2.05) is 0 Å². The Hall–Kier alpha value is -1.82. The minimum atomic E-state index is -0.665. The first-order chi connectivity index (χ1) is 10.2. The topological polar surface area (TPSA) is 33.2 Å². The summed E-state index contributed by atoms with van der Waals surface area (Å²) in [4.78, 5) is 18.5. The second kappa shape index (κ2) is 5.89. The zero-order chi connectivity index (χ0) is 14.8. The molecule has 0 spiro atoms. The van der Waals surface area contributed by atoms with Gasteiger partial charge in [-0.25, -0.2) is 13.8 Å². The van der Waals surface area contributed by atoms with Crippen LogP contribution in [0.4, 0.5) is 8.78 Å². The number of hydrogen-bond acceptors (Lipinski definition) is 3. The van der Waals surface area contributed by atoms with Crippen molar-refractivity contribution in [3.63, 3.8) is 0 Å². The summed E-state index contributed by atoms with van der Waals surface area (Å²) >= 11 is 1.03. The molecule has 0 unspecified atom stereocenters. The van der Waals surface area contributed by atoms with Gasteiger partial charge in [0.25, 0.3) is 5.91 Å². The maximum atomic E-state index is 13.7. The number of nitrogens with zero attached hydrogens (tertiary/aromatic N) is 2. The van der Waals surface area contributed by atoms with E-state index in [1.54, 1.807) is 4.90 Å². The molecule has 0 N–H and O–H groups in total. The van der Waals surface area contributed by atoms with Gasteiger partial charge < -0.3 is 4.90 Å². The summed E-state index contributed by atoms with van der Waals surface area (Å²) < 4.78 is 27.5. The number of aromatic nitrogens is 1. The highest BCUT2D eigenvalue weighted by molar-refractivity contribution is 7.16. The Labute approximate surface area is 125 Å². The largest absolute Gasteiger partial charge is 0.338 e. The molecule has 2 heterocycles. The molecule has 6 heteroatoms. The Kier molecular flexibility index (Phi) is 3.96.